The summed E-state index contributed by atoms with van der Waals surface area (Å²) in [6.07, 6.45) is -4.13. The molecule has 1 heterocycles. The summed E-state index contributed by atoms with van der Waals surface area (Å²) >= 11 is 0. The molecule has 7 heteroatoms. The molecule has 120 valence electrons. The van der Waals surface area contributed by atoms with E-state index in [9.17, 15) is 13.2 Å². The van der Waals surface area contributed by atoms with Crippen molar-refractivity contribution in [2.75, 3.05) is 18.5 Å². The Morgan fingerprint density at radius 3 is 2.57 bits per heavy atom. The van der Waals surface area contributed by atoms with Gasteiger partial charge in [0.2, 0.25) is 5.88 Å². The van der Waals surface area contributed by atoms with Crippen LogP contribution in [0.5, 0.6) is 5.88 Å². The second kappa shape index (κ2) is 8.05. The standard InChI is InChI=1S/C14H22F3N3O/c1-4-7-18-11-9-12(20-13(19-11)10(2)3)21-8-5-6-14(15,16)17/h9-10H,4-8H2,1-3H3,(H,18,19,20). The quantitative estimate of drug-likeness (QED) is 0.733. The number of nitrogens with zero attached hydrogens (tertiary/aromatic N) is 2. The van der Waals surface area contributed by atoms with Gasteiger partial charge in [-0.2, -0.15) is 18.2 Å². The zero-order valence-electron chi connectivity index (χ0n) is 12.6. The zero-order chi connectivity index (χ0) is 15.9. The van der Waals surface area contributed by atoms with Crippen LogP contribution in [0.4, 0.5) is 19.0 Å². The van der Waals surface area contributed by atoms with Gasteiger partial charge < -0.3 is 10.1 Å². The van der Waals surface area contributed by atoms with E-state index in [2.05, 4.69) is 15.3 Å². The summed E-state index contributed by atoms with van der Waals surface area (Å²) in [5.41, 5.74) is 0. The molecule has 0 aliphatic carbocycles. The number of ether oxygens (including phenoxy) is 1. The molecule has 0 radical (unpaired) electrons. The van der Waals surface area contributed by atoms with Crippen LogP contribution >= 0.6 is 0 Å². The van der Waals surface area contributed by atoms with Gasteiger partial charge in [-0.1, -0.05) is 20.8 Å². The summed E-state index contributed by atoms with van der Waals surface area (Å²) in [6.45, 7) is 6.69. The smallest absolute Gasteiger partial charge is 0.389 e. The van der Waals surface area contributed by atoms with Gasteiger partial charge in [0.25, 0.3) is 0 Å². The van der Waals surface area contributed by atoms with Crippen LogP contribution in [0.2, 0.25) is 0 Å². The van der Waals surface area contributed by atoms with Gasteiger partial charge in [-0.3, -0.25) is 0 Å². The number of anilines is 1. The fourth-order valence-corrected chi connectivity index (χ4v) is 1.57. The van der Waals surface area contributed by atoms with Crippen molar-refractivity contribution in [2.45, 2.75) is 52.1 Å². The molecule has 0 spiro atoms. The second-order valence-corrected chi connectivity index (χ2v) is 5.10. The van der Waals surface area contributed by atoms with Crippen molar-refractivity contribution < 1.29 is 17.9 Å². The highest BCUT2D eigenvalue weighted by molar-refractivity contribution is 5.38. The van der Waals surface area contributed by atoms with E-state index < -0.39 is 12.6 Å². The van der Waals surface area contributed by atoms with Gasteiger partial charge in [0.15, 0.2) is 0 Å². The number of rotatable bonds is 8. The predicted octanol–water partition coefficient (Wildman–Crippen LogP) is 4.14. The number of hydrogen-bond donors (Lipinski definition) is 1. The second-order valence-electron chi connectivity index (χ2n) is 5.10. The van der Waals surface area contributed by atoms with Crippen LogP contribution in [-0.4, -0.2) is 29.3 Å². The van der Waals surface area contributed by atoms with E-state index in [1.54, 1.807) is 6.07 Å². The molecule has 0 fully saturated rings. The average Bonchev–Trinajstić information content (AvgIpc) is 2.40. The fraction of sp³-hybridized carbons (Fsp3) is 0.714. The highest BCUT2D eigenvalue weighted by Crippen LogP contribution is 2.22. The van der Waals surface area contributed by atoms with Gasteiger partial charge in [-0.05, 0) is 12.8 Å². The van der Waals surface area contributed by atoms with Gasteiger partial charge >= 0.3 is 6.18 Å². The normalized spacial score (nSPS) is 11.8. The SMILES string of the molecule is CCCNc1cc(OCCCC(F)(F)F)nc(C(C)C)n1. The van der Waals surface area contributed by atoms with Crippen LogP contribution in [0.15, 0.2) is 6.07 Å². The Kier molecular flexibility index (Phi) is 6.71. The van der Waals surface area contributed by atoms with Crippen molar-refractivity contribution in [2.24, 2.45) is 0 Å². The molecule has 1 aromatic rings. The van der Waals surface area contributed by atoms with Crippen molar-refractivity contribution >= 4 is 5.82 Å². The van der Waals surface area contributed by atoms with Crippen molar-refractivity contribution in [3.8, 4) is 5.88 Å². The molecular formula is C14H22F3N3O. The first-order valence-corrected chi connectivity index (χ1v) is 7.14. The summed E-state index contributed by atoms with van der Waals surface area (Å²) in [6, 6.07) is 1.62. The lowest BCUT2D eigenvalue weighted by Crippen LogP contribution is -2.11. The van der Waals surface area contributed by atoms with Gasteiger partial charge in [0, 0.05) is 24.9 Å². The molecule has 1 rings (SSSR count). The molecule has 1 N–H and O–H groups in total. The number of alkyl halides is 3. The van der Waals surface area contributed by atoms with Gasteiger partial charge in [-0.15, -0.1) is 0 Å². The van der Waals surface area contributed by atoms with Crippen LogP contribution in [0.25, 0.3) is 0 Å². The Labute approximate surface area is 123 Å². The Hall–Kier alpha value is -1.53. The van der Waals surface area contributed by atoms with Crippen LogP contribution in [0, 0.1) is 0 Å². The molecule has 0 saturated heterocycles. The maximum atomic E-state index is 12.1. The van der Waals surface area contributed by atoms with E-state index in [1.807, 2.05) is 20.8 Å². The lowest BCUT2D eigenvalue weighted by atomic mass is 10.2. The molecule has 0 aromatic carbocycles. The predicted molar refractivity (Wildman–Crippen MR) is 75.7 cm³/mol. The molecule has 21 heavy (non-hydrogen) atoms. The summed E-state index contributed by atoms with van der Waals surface area (Å²) in [5, 5.41) is 3.13. The Bertz CT molecular complexity index is 436. The summed E-state index contributed by atoms with van der Waals surface area (Å²) in [7, 11) is 0. The van der Waals surface area contributed by atoms with Crippen molar-refractivity contribution in [1.82, 2.24) is 9.97 Å². The van der Waals surface area contributed by atoms with Gasteiger partial charge in [0.1, 0.15) is 11.6 Å². The molecule has 0 bridgehead atoms. The number of hydrogen-bond acceptors (Lipinski definition) is 4. The topological polar surface area (TPSA) is 47.0 Å². The first-order chi connectivity index (χ1) is 9.81. The highest BCUT2D eigenvalue weighted by Gasteiger charge is 2.26. The maximum Gasteiger partial charge on any atom is 0.389 e. The van der Waals surface area contributed by atoms with Gasteiger partial charge in [-0.25, -0.2) is 4.98 Å². The third-order valence-electron chi connectivity index (χ3n) is 2.65. The first kappa shape index (κ1) is 17.5. The van der Waals surface area contributed by atoms with E-state index in [0.29, 0.717) is 17.5 Å². The Balaban J connectivity index is 2.64. The van der Waals surface area contributed by atoms with E-state index in [1.165, 1.54) is 0 Å². The number of nitrogens with one attached hydrogen (secondary N) is 1. The average molecular weight is 305 g/mol. The highest BCUT2D eigenvalue weighted by atomic mass is 19.4. The largest absolute Gasteiger partial charge is 0.478 e. The third-order valence-corrected chi connectivity index (χ3v) is 2.65. The summed E-state index contributed by atoms with van der Waals surface area (Å²) in [5.74, 6) is 1.68. The minimum absolute atomic E-state index is 0.0126. The van der Waals surface area contributed by atoms with Crippen LogP contribution < -0.4 is 10.1 Å². The lowest BCUT2D eigenvalue weighted by Gasteiger charge is -2.12. The van der Waals surface area contributed by atoms with E-state index >= 15 is 0 Å². The molecule has 0 aliphatic rings. The minimum Gasteiger partial charge on any atom is -0.478 e. The van der Waals surface area contributed by atoms with Crippen molar-refractivity contribution in [1.29, 1.82) is 0 Å². The van der Waals surface area contributed by atoms with E-state index in [0.717, 1.165) is 13.0 Å². The molecule has 4 nitrogen and oxygen atoms in total. The van der Waals surface area contributed by atoms with E-state index in [-0.39, 0.29) is 18.9 Å². The van der Waals surface area contributed by atoms with E-state index in [4.69, 9.17) is 4.74 Å². The molecule has 0 saturated carbocycles. The van der Waals surface area contributed by atoms with Gasteiger partial charge in [0.05, 0.1) is 6.61 Å². The number of aromatic nitrogens is 2. The third kappa shape index (κ3) is 7.15. The first-order valence-electron chi connectivity index (χ1n) is 7.14. The molecule has 1 aromatic heterocycles. The molecule has 0 amide bonds. The van der Waals surface area contributed by atoms with Crippen molar-refractivity contribution in [3.05, 3.63) is 11.9 Å². The minimum atomic E-state index is -4.15. The fourth-order valence-electron chi connectivity index (χ4n) is 1.57. The Morgan fingerprint density at radius 1 is 1.29 bits per heavy atom. The monoisotopic (exact) mass is 305 g/mol. The van der Waals surface area contributed by atoms with Crippen molar-refractivity contribution in [3.63, 3.8) is 0 Å². The van der Waals surface area contributed by atoms with Crippen LogP contribution in [0.3, 0.4) is 0 Å². The Morgan fingerprint density at radius 2 is 2.00 bits per heavy atom. The lowest BCUT2D eigenvalue weighted by molar-refractivity contribution is -0.136. The molecule has 0 atom stereocenters. The number of halogens is 3. The molecule has 0 unspecified atom stereocenters. The van der Waals surface area contributed by atoms with Crippen LogP contribution in [-0.2, 0) is 0 Å². The molecular weight excluding hydrogens is 283 g/mol. The maximum absolute atomic E-state index is 12.1. The summed E-state index contributed by atoms with van der Waals surface area (Å²) in [4.78, 5) is 8.58. The summed E-state index contributed by atoms with van der Waals surface area (Å²) < 4.78 is 41.5. The van der Waals surface area contributed by atoms with Crippen LogP contribution in [0.1, 0.15) is 51.8 Å². The molecule has 0 aliphatic heterocycles. The zero-order valence-corrected chi connectivity index (χ0v) is 12.6.